The molecule has 6 heteroatoms. The molecule has 3 aliphatic rings. The lowest BCUT2D eigenvalue weighted by Gasteiger charge is -2.25. The fourth-order valence-electron chi connectivity index (χ4n) is 2.69. The lowest BCUT2D eigenvalue weighted by molar-refractivity contribution is -0.232. The average Bonchev–Trinajstić information content (AvgIpc) is 2.45. The second-order valence-electron chi connectivity index (χ2n) is 5.17. The normalized spacial score (nSPS) is 57.9. The highest BCUT2D eigenvalue weighted by atomic mass is 79.9. The van der Waals surface area contributed by atoms with Gasteiger partial charge in [-0.3, -0.25) is 0 Å². The third-order valence-corrected chi connectivity index (χ3v) is 4.47. The molecule has 4 nitrogen and oxygen atoms in total. The first-order chi connectivity index (χ1) is 7.31. The van der Waals surface area contributed by atoms with Crippen LogP contribution in [-0.4, -0.2) is 49.1 Å². The van der Waals surface area contributed by atoms with E-state index in [2.05, 4.69) is 15.9 Å². The van der Waals surface area contributed by atoms with Gasteiger partial charge < -0.3 is 18.9 Å². The van der Waals surface area contributed by atoms with E-state index in [4.69, 9.17) is 26.8 Å². The molecule has 88 valence electrons. The van der Waals surface area contributed by atoms with Gasteiger partial charge in [-0.15, -0.1) is 0 Å². The maximum absolute atomic E-state index is 6.07. The Morgan fingerprint density at radius 2 is 1.94 bits per heavy atom. The third kappa shape index (κ3) is 1.31. The Balaban J connectivity index is 1.91. The largest absolute Gasteiger partial charge is 0.353 e. The molecule has 3 fully saturated rings. The standard InChI is InChI=1S/C10H14BBrO4/c1-8(2)14-5-6(15-8)9(4-10(9,11)12)16-7(5)13-3/h5-7H,4H2,1-3H3/t5?,6?,7-,9-,10+/m1/s1. The lowest BCUT2D eigenvalue weighted by Crippen LogP contribution is -2.36. The molecule has 1 saturated carbocycles. The van der Waals surface area contributed by atoms with E-state index in [1.807, 2.05) is 13.8 Å². The summed E-state index contributed by atoms with van der Waals surface area (Å²) in [4.78, 5) is 0. The molecular weight excluding hydrogens is 275 g/mol. The van der Waals surface area contributed by atoms with Gasteiger partial charge in [-0.05, 0) is 20.3 Å². The summed E-state index contributed by atoms with van der Waals surface area (Å²) in [6.07, 6.45) is -0.0740. The quantitative estimate of drug-likeness (QED) is 0.531. The molecule has 3 rings (SSSR count). The number of alkyl halides is 1. The Labute approximate surface area is 104 Å². The van der Waals surface area contributed by atoms with Gasteiger partial charge in [-0.2, -0.15) is 0 Å². The van der Waals surface area contributed by atoms with Crippen LogP contribution < -0.4 is 0 Å². The molecular formula is C10H14BBrO4. The molecule has 5 atom stereocenters. The summed E-state index contributed by atoms with van der Waals surface area (Å²) in [5, 5.41) is 0. The summed E-state index contributed by atoms with van der Waals surface area (Å²) in [6, 6.07) is 0. The van der Waals surface area contributed by atoms with Crippen molar-refractivity contribution in [2.75, 3.05) is 7.11 Å². The molecule has 2 saturated heterocycles. The van der Waals surface area contributed by atoms with Gasteiger partial charge >= 0.3 is 0 Å². The number of hydrogen-bond acceptors (Lipinski definition) is 4. The van der Waals surface area contributed by atoms with E-state index in [-0.39, 0.29) is 12.2 Å². The van der Waals surface area contributed by atoms with Gasteiger partial charge in [0.2, 0.25) is 0 Å². The summed E-state index contributed by atoms with van der Waals surface area (Å²) in [5.41, 5.74) is -0.508. The van der Waals surface area contributed by atoms with Crippen LogP contribution in [0.15, 0.2) is 0 Å². The predicted molar refractivity (Wildman–Crippen MR) is 60.5 cm³/mol. The van der Waals surface area contributed by atoms with Gasteiger partial charge in [-0.1, -0.05) is 15.9 Å². The predicted octanol–water partition coefficient (Wildman–Crippen LogP) is 0.911. The van der Waals surface area contributed by atoms with Crippen LogP contribution in [0, 0.1) is 0 Å². The van der Waals surface area contributed by atoms with E-state index < -0.39 is 21.9 Å². The average molecular weight is 289 g/mol. The van der Waals surface area contributed by atoms with Crippen molar-refractivity contribution >= 4 is 23.8 Å². The zero-order valence-corrected chi connectivity index (χ0v) is 11.1. The van der Waals surface area contributed by atoms with Gasteiger partial charge in [-0.25, -0.2) is 0 Å². The summed E-state index contributed by atoms with van der Waals surface area (Å²) in [5.74, 6) is -0.603. The smallest absolute Gasteiger partial charge is 0.186 e. The Morgan fingerprint density at radius 3 is 2.44 bits per heavy atom. The Hall–Kier alpha value is 0.385. The van der Waals surface area contributed by atoms with Crippen LogP contribution in [0.25, 0.3) is 0 Å². The molecule has 2 radical (unpaired) electrons. The van der Waals surface area contributed by atoms with Gasteiger partial charge in [0.05, 0.1) is 7.85 Å². The molecule has 0 bridgehead atoms. The highest BCUT2D eigenvalue weighted by Crippen LogP contribution is 2.64. The molecule has 16 heavy (non-hydrogen) atoms. The van der Waals surface area contributed by atoms with Crippen molar-refractivity contribution in [1.29, 1.82) is 0 Å². The summed E-state index contributed by atoms with van der Waals surface area (Å²) < 4.78 is 22.3. The van der Waals surface area contributed by atoms with E-state index >= 15 is 0 Å². The first-order valence-electron chi connectivity index (χ1n) is 5.35. The molecule has 2 unspecified atom stereocenters. The molecule has 0 aromatic rings. The van der Waals surface area contributed by atoms with Crippen molar-refractivity contribution in [3.05, 3.63) is 0 Å². The maximum atomic E-state index is 6.07. The Morgan fingerprint density at radius 1 is 1.31 bits per heavy atom. The lowest BCUT2D eigenvalue weighted by atomic mass is 9.95. The van der Waals surface area contributed by atoms with Crippen LogP contribution in [0.3, 0.4) is 0 Å². The molecule has 0 N–H and O–H groups in total. The van der Waals surface area contributed by atoms with Gasteiger partial charge in [0, 0.05) is 11.3 Å². The first-order valence-corrected chi connectivity index (χ1v) is 6.15. The third-order valence-electron chi connectivity index (χ3n) is 3.51. The topological polar surface area (TPSA) is 36.9 Å². The Bertz CT molecular complexity index is 335. The van der Waals surface area contributed by atoms with Crippen LogP contribution in [-0.2, 0) is 18.9 Å². The number of halogens is 1. The van der Waals surface area contributed by atoms with Crippen molar-refractivity contribution in [1.82, 2.24) is 0 Å². The second kappa shape index (κ2) is 3.04. The summed E-state index contributed by atoms with van der Waals surface area (Å²) >= 11 is 3.46. The number of hydrogen-bond donors (Lipinski definition) is 0. The summed E-state index contributed by atoms with van der Waals surface area (Å²) in [6.45, 7) is 3.78. The number of methoxy groups -OCH3 is 1. The second-order valence-corrected chi connectivity index (χ2v) is 6.59. The molecule has 0 aromatic heterocycles. The van der Waals surface area contributed by atoms with Gasteiger partial charge in [0.1, 0.15) is 17.8 Å². The molecule has 1 aliphatic carbocycles. The van der Waals surface area contributed by atoms with Crippen molar-refractivity contribution in [2.45, 2.75) is 54.4 Å². The summed E-state index contributed by atoms with van der Waals surface area (Å²) in [7, 11) is 7.67. The monoisotopic (exact) mass is 288 g/mol. The first kappa shape index (κ1) is 11.5. The zero-order chi connectivity index (χ0) is 11.8. The number of rotatable bonds is 1. The zero-order valence-electron chi connectivity index (χ0n) is 9.53. The highest BCUT2D eigenvalue weighted by Gasteiger charge is 2.78. The van der Waals surface area contributed by atoms with E-state index in [0.717, 1.165) is 0 Å². The number of ether oxygens (including phenoxy) is 4. The van der Waals surface area contributed by atoms with Crippen LogP contribution >= 0.6 is 15.9 Å². The van der Waals surface area contributed by atoms with Crippen LogP contribution in [0.4, 0.5) is 0 Å². The fourth-order valence-corrected chi connectivity index (χ4v) is 3.42. The maximum Gasteiger partial charge on any atom is 0.186 e. The number of fused-ring (bicyclic) bond motifs is 2. The van der Waals surface area contributed by atoms with Crippen molar-refractivity contribution < 1.29 is 18.9 Å². The van der Waals surface area contributed by atoms with Crippen LogP contribution in [0.5, 0.6) is 0 Å². The molecule has 2 heterocycles. The van der Waals surface area contributed by atoms with Crippen LogP contribution in [0.2, 0.25) is 0 Å². The van der Waals surface area contributed by atoms with Crippen molar-refractivity contribution in [3.63, 3.8) is 0 Å². The molecule has 0 aromatic carbocycles. The minimum atomic E-state index is -0.603. The van der Waals surface area contributed by atoms with E-state index in [0.29, 0.717) is 6.42 Å². The van der Waals surface area contributed by atoms with E-state index in [1.165, 1.54) is 0 Å². The Kier molecular flexibility index (Phi) is 2.18. The molecule has 0 amide bonds. The minimum Gasteiger partial charge on any atom is -0.353 e. The van der Waals surface area contributed by atoms with E-state index in [1.54, 1.807) is 7.11 Å². The van der Waals surface area contributed by atoms with Crippen molar-refractivity contribution in [2.24, 2.45) is 0 Å². The SMILES string of the molecule is [B][C@]1(Br)C[C@]12O[C@@H](OC)C1OC(C)(C)OC12. The van der Waals surface area contributed by atoms with Gasteiger partial charge in [0.25, 0.3) is 0 Å². The van der Waals surface area contributed by atoms with Gasteiger partial charge in [0.15, 0.2) is 12.1 Å². The minimum absolute atomic E-state index is 0.170. The molecule has 1 spiro atoms. The van der Waals surface area contributed by atoms with E-state index in [9.17, 15) is 0 Å². The fraction of sp³-hybridized carbons (Fsp3) is 1.00. The molecule has 2 aliphatic heterocycles. The van der Waals surface area contributed by atoms with Crippen LogP contribution in [0.1, 0.15) is 20.3 Å². The highest BCUT2D eigenvalue weighted by molar-refractivity contribution is 9.10. The van der Waals surface area contributed by atoms with Crippen molar-refractivity contribution in [3.8, 4) is 0 Å².